The van der Waals surface area contributed by atoms with Gasteiger partial charge in [0, 0.05) is 23.5 Å². The summed E-state index contributed by atoms with van der Waals surface area (Å²) in [5.41, 5.74) is 1.81. The Morgan fingerprint density at radius 3 is 2.77 bits per heavy atom. The number of carbonyl (C=O) groups excluding carboxylic acids is 1. The Morgan fingerprint density at radius 1 is 1.27 bits per heavy atom. The number of benzene rings is 1. The molecule has 4 rings (SSSR count). The molecule has 0 saturated heterocycles. The molecule has 156 valence electrons. The molecule has 0 atom stereocenters. The summed E-state index contributed by atoms with van der Waals surface area (Å²) in [5, 5.41) is 6.30. The van der Waals surface area contributed by atoms with Gasteiger partial charge < -0.3 is 5.32 Å². The molecule has 1 saturated carbocycles. The fourth-order valence-corrected chi connectivity index (χ4v) is 5.69. The van der Waals surface area contributed by atoms with E-state index >= 15 is 0 Å². The van der Waals surface area contributed by atoms with Crippen molar-refractivity contribution in [3.63, 3.8) is 0 Å². The van der Waals surface area contributed by atoms with E-state index in [9.17, 15) is 9.59 Å². The monoisotopic (exact) mass is 439 g/mol. The highest BCUT2D eigenvalue weighted by Crippen LogP contribution is 2.32. The van der Waals surface area contributed by atoms with Gasteiger partial charge in [0.25, 0.3) is 5.56 Å². The lowest BCUT2D eigenvalue weighted by Gasteiger charge is -2.22. The van der Waals surface area contributed by atoms with Crippen molar-refractivity contribution in [2.24, 2.45) is 0 Å². The van der Waals surface area contributed by atoms with Gasteiger partial charge in [-0.05, 0) is 18.4 Å². The van der Waals surface area contributed by atoms with E-state index in [1.165, 1.54) is 42.4 Å². The highest BCUT2D eigenvalue weighted by atomic mass is 32.2. The van der Waals surface area contributed by atoms with Crippen LogP contribution in [0.15, 0.2) is 58.3 Å². The number of nitrogens with one attached hydrogen (secondary N) is 1. The highest BCUT2D eigenvalue weighted by molar-refractivity contribution is 7.99. The fourth-order valence-electron chi connectivity index (χ4n) is 3.88. The zero-order valence-electron chi connectivity index (χ0n) is 16.8. The van der Waals surface area contributed by atoms with Crippen molar-refractivity contribution in [1.29, 1.82) is 0 Å². The van der Waals surface area contributed by atoms with Crippen LogP contribution >= 0.6 is 23.1 Å². The molecule has 1 aliphatic rings. The molecule has 1 N–H and O–H groups in total. The molecule has 0 spiro atoms. The Kier molecular flexibility index (Phi) is 6.69. The standard InChI is InChI=1S/C23H25N3O2S2/c1-2-13-26-22(28)20-18(16-9-5-3-6-10-16)14-29-21(20)25-23(26)30-15-19(27)24-17-11-7-4-8-12-17/h2-3,5-6,9-10,14,17H,1,4,7-8,11-13,15H2,(H,24,27). The molecule has 1 fully saturated rings. The molecule has 0 bridgehead atoms. The first-order valence-corrected chi connectivity index (χ1v) is 12.1. The molecule has 7 heteroatoms. The van der Waals surface area contributed by atoms with Crippen molar-refractivity contribution >= 4 is 39.2 Å². The largest absolute Gasteiger partial charge is 0.353 e. The number of rotatable bonds is 7. The number of hydrogen-bond acceptors (Lipinski definition) is 5. The van der Waals surface area contributed by atoms with Crippen molar-refractivity contribution in [1.82, 2.24) is 14.9 Å². The maximum absolute atomic E-state index is 13.3. The van der Waals surface area contributed by atoms with Gasteiger partial charge in [0.2, 0.25) is 5.91 Å². The number of thioether (sulfide) groups is 1. The molecule has 30 heavy (non-hydrogen) atoms. The summed E-state index contributed by atoms with van der Waals surface area (Å²) in [6, 6.07) is 10.2. The van der Waals surface area contributed by atoms with Crippen molar-refractivity contribution in [2.45, 2.75) is 49.8 Å². The molecule has 0 unspecified atom stereocenters. The Labute approximate surface area is 184 Å². The topological polar surface area (TPSA) is 64.0 Å². The van der Waals surface area contributed by atoms with Crippen LogP contribution in [0.25, 0.3) is 21.3 Å². The molecule has 3 aromatic rings. The lowest BCUT2D eigenvalue weighted by atomic mass is 9.95. The van der Waals surface area contributed by atoms with Crippen molar-refractivity contribution < 1.29 is 4.79 Å². The van der Waals surface area contributed by atoms with Gasteiger partial charge >= 0.3 is 0 Å². The summed E-state index contributed by atoms with van der Waals surface area (Å²) < 4.78 is 1.62. The van der Waals surface area contributed by atoms with Crippen LogP contribution in [0.2, 0.25) is 0 Å². The number of aromatic nitrogens is 2. The SMILES string of the molecule is C=CCn1c(SCC(=O)NC2CCCCC2)nc2scc(-c3ccccc3)c2c1=O. The molecule has 1 aliphatic carbocycles. The minimum Gasteiger partial charge on any atom is -0.353 e. The van der Waals surface area contributed by atoms with Crippen LogP contribution in [0.3, 0.4) is 0 Å². The maximum atomic E-state index is 13.3. The first-order chi connectivity index (χ1) is 14.7. The van der Waals surface area contributed by atoms with Gasteiger partial charge in [0.05, 0.1) is 11.1 Å². The Balaban J connectivity index is 1.60. The molecule has 0 aliphatic heterocycles. The summed E-state index contributed by atoms with van der Waals surface area (Å²) in [4.78, 5) is 31.2. The molecule has 2 heterocycles. The van der Waals surface area contributed by atoms with Crippen LogP contribution in [0.1, 0.15) is 32.1 Å². The Morgan fingerprint density at radius 2 is 2.03 bits per heavy atom. The number of amides is 1. The van der Waals surface area contributed by atoms with E-state index in [1.54, 1.807) is 10.6 Å². The van der Waals surface area contributed by atoms with E-state index < -0.39 is 0 Å². The third-order valence-corrected chi connectivity index (χ3v) is 7.21. The normalized spacial score (nSPS) is 14.7. The lowest BCUT2D eigenvalue weighted by molar-refractivity contribution is -0.119. The summed E-state index contributed by atoms with van der Waals surface area (Å²) in [5.74, 6) is 0.255. The number of fused-ring (bicyclic) bond motifs is 1. The summed E-state index contributed by atoms with van der Waals surface area (Å²) in [6.07, 6.45) is 7.41. The van der Waals surface area contributed by atoms with Gasteiger partial charge in [-0.25, -0.2) is 4.98 Å². The second kappa shape index (κ2) is 9.62. The summed E-state index contributed by atoms with van der Waals surface area (Å²) in [6.45, 7) is 4.15. The van der Waals surface area contributed by atoms with Crippen molar-refractivity contribution in [2.75, 3.05) is 5.75 Å². The number of hydrogen-bond donors (Lipinski definition) is 1. The van der Waals surface area contributed by atoms with E-state index in [4.69, 9.17) is 4.98 Å². The fraction of sp³-hybridized carbons (Fsp3) is 0.348. The predicted octanol–water partition coefficient (Wildman–Crippen LogP) is 4.85. The van der Waals surface area contributed by atoms with Gasteiger partial charge in [-0.2, -0.15) is 0 Å². The Hall–Kier alpha value is -2.38. The second-order valence-corrected chi connectivity index (χ2v) is 9.29. The van der Waals surface area contributed by atoms with Gasteiger partial charge in [-0.3, -0.25) is 14.2 Å². The molecule has 1 amide bonds. The predicted molar refractivity (Wildman–Crippen MR) is 125 cm³/mol. The molecule has 2 aromatic heterocycles. The maximum Gasteiger partial charge on any atom is 0.263 e. The second-order valence-electron chi connectivity index (χ2n) is 7.49. The van der Waals surface area contributed by atoms with Crippen LogP contribution in [-0.4, -0.2) is 27.3 Å². The zero-order valence-corrected chi connectivity index (χ0v) is 18.4. The molecule has 0 radical (unpaired) electrons. The first kappa shape index (κ1) is 20.9. The van der Waals surface area contributed by atoms with E-state index in [0.29, 0.717) is 21.9 Å². The van der Waals surface area contributed by atoms with Crippen molar-refractivity contribution in [3.05, 3.63) is 58.7 Å². The quantitative estimate of drug-likeness (QED) is 0.325. The Bertz CT molecular complexity index is 1100. The molecule has 5 nitrogen and oxygen atoms in total. The van der Waals surface area contributed by atoms with Gasteiger partial charge in [-0.1, -0.05) is 67.4 Å². The average Bonchev–Trinajstić information content (AvgIpc) is 3.20. The van der Waals surface area contributed by atoms with E-state index in [-0.39, 0.29) is 23.3 Å². The van der Waals surface area contributed by atoms with E-state index in [0.717, 1.165) is 24.0 Å². The van der Waals surface area contributed by atoms with Crippen molar-refractivity contribution in [3.8, 4) is 11.1 Å². The smallest absolute Gasteiger partial charge is 0.263 e. The molecule has 1 aromatic carbocycles. The summed E-state index contributed by atoms with van der Waals surface area (Å²) >= 11 is 2.78. The van der Waals surface area contributed by atoms with E-state index in [2.05, 4.69) is 11.9 Å². The number of carbonyl (C=O) groups is 1. The third kappa shape index (κ3) is 4.52. The number of thiophene rings is 1. The van der Waals surface area contributed by atoms with E-state index in [1.807, 2.05) is 35.7 Å². The van der Waals surface area contributed by atoms with Crippen LogP contribution in [0.4, 0.5) is 0 Å². The van der Waals surface area contributed by atoms with Gasteiger partial charge in [0.15, 0.2) is 5.16 Å². The number of allylic oxidation sites excluding steroid dienone is 1. The first-order valence-electron chi connectivity index (χ1n) is 10.3. The van der Waals surface area contributed by atoms with Crippen LogP contribution in [0, 0.1) is 0 Å². The minimum atomic E-state index is -0.0878. The lowest BCUT2D eigenvalue weighted by Crippen LogP contribution is -2.37. The van der Waals surface area contributed by atoms with Gasteiger partial charge in [-0.15, -0.1) is 17.9 Å². The highest BCUT2D eigenvalue weighted by Gasteiger charge is 2.19. The average molecular weight is 440 g/mol. The molecular weight excluding hydrogens is 414 g/mol. The zero-order chi connectivity index (χ0) is 20.9. The molecular formula is C23H25N3O2S2. The number of nitrogens with zero attached hydrogens (tertiary/aromatic N) is 2. The summed E-state index contributed by atoms with van der Waals surface area (Å²) in [7, 11) is 0. The minimum absolute atomic E-state index is 0.00236. The van der Waals surface area contributed by atoms with Crippen LogP contribution in [0.5, 0.6) is 0 Å². The third-order valence-electron chi connectivity index (χ3n) is 5.36. The van der Waals surface area contributed by atoms with Crippen LogP contribution in [-0.2, 0) is 11.3 Å². The van der Waals surface area contributed by atoms with Gasteiger partial charge in [0.1, 0.15) is 4.83 Å². The van der Waals surface area contributed by atoms with Crippen LogP contribution < -0.4 is 10.9 Å².